The van der Waals surface area contributed by atoms with Crippen LogP contribution in [0.4, 0.5) is 30.7 Å². The van der Waals surface area contributed by atoms with Crippen molar-refractivity contribution in [2.45, 2.75) is 23.1 Å². The minimum Gasteiger partial charge on any atom is -0.188 e. The standard InChI is InChI=1S/C10H7F7S/c11-8(12,9(13,14)15)10(16,17)18-6-7-4-2-1-3-5-7/h1-5H,6H2. The van der Waals surface area contributed by atoms with Gasteiger partial charge in [-0.3, -0.25) is 0 Å². The second kappa shape index (κ2) is 4.99. The minimum absolute atomic E-state index is 0.236. The molecule has 102 valence electrons. The zero-order chi connectivity index (χ0) is 14.0. The minimum atomic E-state index is -6.28. The summed E-state index contributed by atoms with van der Waals surface area (Å²) in [6.07, 6.45) is -6.28. The van der Waals surface area contributed by atoms with Gasteiger partial charge in [0.2, 0.25) is 0 Å². The van der Waals surface area contributed by atoms with Gasteiger partial charge in [0.05, 0.1) is 0 Å². The molecule has 0 aliphatic heterocycles. The summed E-state index contributed by atoms with van der Waals surface area (Å²) in [5.74, 6) is -6.70. The maximum Gasteiger partial charge on any atom is 0.460 e. The number of benzene rings is 1. The van der Waals surface area contributed by atoms with E-state index in [4.69, 9.17) is 0 Å². The van der Waals surface area contributed by atoms with Crippen molar-refractivity contribution in [1.29, 1.82) is 0 Å². The summed E-state index contributed by atoms with van der Waals surface area (Å²) >= 11 is -0.738. The fourth-order valence-electron chi connectivity index (χ4n) is 1.00. The molecule has 0 spiro atoms. The predicted molar refractivity (Wildman–Crippen MR) is 53.7 cm³/mol. The molecule has 1 aromatic carbocycles. The van der Waals surface area contributed by atoms with E-state index in [0.717, 1.165) is 0 Å². The van der Waals surface area contributed by atoms with E-state index >= 15 is 0 Å². The molecule has 0 atom stereocenters. The molecule has 0 bridgehead atoms. The third-order valence-electron chi connectivity index (χ3n) is 1.98. The third-order valence-corrected chi connectivity index (χ3v) is 3.08. The average Bonchev–Trinajstić information content (AvgIpc) is 2.26. The second-order valence-electron chi connectivity index (χ2n) is 3.36. The summed E-state index contributed by atoms with van der Waals surface area (Å²) in [7, 11) is 0. The van der Waals surface area contributed by atoms with Gasteiger partial charge >= 0.3 is 17.4 Å². The van der Waals surface area contributed by atoms with Crippen molar-refractivity contribution in [3.05, 3.63) is 35.9 Å². The first kappa shape index (κ1) is 15.1. The van der Waals surface area contributed by atoms with Crippen molar-refractivity contribution in [2.24, 2.45) is 0 Å². The summed E-state index contributed by atoms with van der Waals surface area (Å²) < 4.78 is 86.2. The number of alkyl halides is 7. The SMILES string of the molecule is FC(F)(F)C(F)(F)C(F)(F)SCc1ccccc1. The Morgan fingerprint density at radius 2 is 1.33 bits per heavy atom. The predicted octanol–water partition coefficient (Wildman–Crippen LogP) is 4.71. The van der Waals surface area contributed by atoms with Gasteiger partial charge in [0.25, 0.3) is 0 Å². The molecule has 0 aliphatic rings. The van der Waals surface area contributed by atoms with E-state index in [1.54, 1.807) is 6.07 Å². The molecule has 0 saturated heterocycles. The van der Waals surface area contributed by atoms with Gasteiger partial charge in [-0.2, -0.15) is 30.7 Å². The number of hydrogen-bond donors (Lipinski definition) is 0. The van der Waals surface area contributed by atoms with E-state index in [1.807, 2.05) is 0 Å². The molecule has 0 amide bonds. The van der Waals surface area contributed by atoms with Crippen LogP contribution < -0.4 is 0 Å². The van der Waals surface area contributed by atoms with Gasteiger partial charge in [-0.25, -0.2) is 0 Å². The summed E-state index contributed by atoms with van der Waals surface area (Å²) in [5.41, 5.74) is 0.236. The number of rotatable bonds is 4. The van der Waals surface area contributed by atoms with Crippen LogP contribution in [0, 0.1) is 0 Å². The largest absolute Gasteiger partial charge is 0.460 e. The molecule has 1 rings (SSSR count). The van der Waals surface area contributed by atoms with E-state index in [-0.39, 0.29) is 5.56 Å². The Bertz CT molecular complexity index is 385. The number of halogens is 7. The van der Waals surface area contributed by atoms with Crippen LogP contribution in [-0.4, -0.2) is 17.4 Å². The van der Waals surface area contributed by atoms with Crippen molar-refractivity contribution >= 4 is 11.8 Å². The molecule has 0 aliphatic carbocycles. The molecule has 1 aromatic rings. The van der Waals surface area contributed by atoms with Crippen molar-refractivity contribution in [3.8, 4) is 0 Å². The third kappa shape index (κ3) is 3.09. The maximum atomic E-state index is 12.9. The number of thioether (sulfide) groups is 1. The summed E-state index contributed by atoms with van der Waals surface area (Å²) in [5, 5.41) is -5.21. The maximum absolute atomic E-state index is 12.9. The first-order valence-electron chi connectivity index (χ1n) is 4.58. The Balaban J connectivity index is 2.77. The van der Waals surface area contributed by atoms with Crippen LogP contribution in [0.25, 0.3) is 0 Å². The highest BCUT2D eigenvalue weighted by molar-refractivity contribution is 7.99. The van der Waals surface area contributed by atoms with Gasteiger partial charge in [0.1, 0.15) is 0 Å². The summed E-state index contributed by atoms with van der Waals surface area (Å²) in [6.45, 7) is 0. The summed E-state index contributed by atoms with van der Waals surface area (Å²) in [6, 6.07) is 7.21. The van der Waals surface area contributed by atoms with Crippen molar-refractivity contribution < 1.29 is 30.7 Å². The lowest BCUT2D eigenvalue weighted by Gasteiger charge is -2.27. The zero-order valence-corrected chi connectivity index (χ0v) is 9.46. The van der Waals surface area contributed by atoms with Crippen LogP contribution in [0.1, 0.15) is 5.56 Å². The van der Waals surface area contributed by atoms with Crippen LogP contribution in [0.3, 0.4) is 0 Å². The van der Waals surface area contributed by atoms with E-state index in [0.29, 0.717) is 0 Å². The molecule has 0 N–H and O–H groups in total. The molecule has 18 heavy (non-hydrogen) atoms. The van der Waals surface area contributed by atoms with Gasteiger partial charge in [-0.15, -0.1) is 0 Å². The van der Waals surface area contributed by atoms with Gasteiger partial charge < -0.3 is 0 Å². The molecule has 8 heteroatoms. The van der Waals surface area contributed by atoms with Crippen molar-refractivity contribution in [1.82, 2.24) is 0 Å². The Labute approximate surface area is 102 Å². The quantitative estimate of drug-likeness (QED) is 0.724. The smallest absolute Gasteiger partial charge is 0.188 e. The Hall–Kier alpha value is -0.920. The first-order valence-corrected chi connectivity index (χ1v) is 5.57. The lowest BCUT2D eigenvalue weighted by molar-refractivity contribution is -0.330. The Morgan fingerprint density at radius 1 is 0.833 bits per heavy atom. The average molecular weight is 292 g/mol. The second-order valence-corrected chi connectivity index (χ2v) is 4.45. The van der Waals surface area contributed by atoms with Crippen LogP contribution >= 0.6 is 11.8 Å². The van der Waals surface area contributed by atoms with Crippen molar-refractivity contribution in [2.75, 3.05) is 0 Å². The highest BCUT2D eigenvalue weighted by Crippen LogP contribution is 2.52. The van der Waals surface area contributed by atoms with Crippen LogP contribution in [0.5, 0.6) is 0 Å². The molecule has 0 nitrogen and oxygen atoms in total. The van der Waals surface area contributed by atoms with Crippen LogP contribution in [0.15, 0.2) is 30.3 Å². The molecular formula is C10H7F7S. The Morgan fingerprint density at radius 3 is 1.78 bits per heavy atom. The van der Waals surface area contributed by atoms with E-state index in [9.17, 15) is 30.7 Å². The van der Waals surface area contributed by atoms with E-state index < -0.39 is 34.9 Å². The lowest BCUT2D eigenvalue weighted by Crippen LogP contribution is -2.50. The monoisotopic (exact) mass is 292 g/mol. The molecular weight excluding hydrogens is 285 g/mol. The van der Waals surface area contributed by atoms with Crippen LogP contribution in [-0.2, 0) is 5.75 Å². The van der Waals surface area contributed by atoms with Gasteiger partial charge in [-0.1, -0.05) is 42.1 Å². The normalized spacial score (nSPS) is 13.7. The molecule has 0 radical (unpaired) electrons. The van der Waals surface area contributed by atoms with Crippen molar-refractivity contribution in [3.63, 3.8) is 0 Å². The highest BCUT2D eigenvalue weighted by Gasteiger charge is 2.73. The van der Waals surface area contributed by atoms with Gasteiger partial charge in [0, 0.05) is 5.75 Å². The van der Waals surface area contributed by atoms with E-state index in [1.165, 1.54) is 24.3 Å². The fourth-order valence-corrected chi connectivity index (χ4v) is 1.84. The molecule has 0 unspecified atom stereocenters. The fraction of sp³-hybridized carbons (Fsp3) is 0.400. The van der Waals surface area contributed by atoms with E-state index in [2.05, 4.69) is 0 Å². The van der Waals surface area contributed by atoms with Gasteiger partial charge in [-0.05, 0) is 5.56 Å². The zero-order valence-electron chi connectivity index (χ0n) is 8.65. The lowest BCUT2D eigenvalue weighted by atomic mass is 10.2. The molecule has 0 aromatic heterocycles. The molecule has 0 fully saturated rings. The Kier molecular flexibility index (Phi) is 4.19. The summed E-state index contributed by atoms with van der Waals surface area (Å²) in [4.78, 5) is 0. The highest BCUT2D eigenvalue weighted by atomic mass is 32.2. The first-order chi connectivity index (χ1) is 8.08. The topological polar surface area (TPSA) is 0 Å². The van der Waals surface area contributed by atoms with Gasteiger partial charge in [0.15, 0.2) is 0 Å². The van der Waals surface area contributed by atoms with Crippen LogP contribution in [0.2, 0.25) is 0 Å². The number of hydrogen-bond acceptors (Lipinski definition) is 1. The molecule has 0 heterocycles. The molecule has 0 saturated carbocycles.